The average Bonchev–Trinajstić information content (AvgIpc) is 2.55. The molecule has 1 aliphatic rings. The number of nitrogens with one attached hydrogen (secondary N) is 1. The molecule has 100 valence electrons. The van der Waals surface area contributed by atoms with E-state index in [4.69, 9.17) is 5.11 Å². The molecular weight excluding hydrogens is 256 g/mol. The number of carboxylic acid groups (broad SMARTS) is 1. The zero-order chi connectivity index (χ0) is 14.1. The predicted molar refractivity (Wildman–Crippen MR) is 75.5 cm³/mol. The Hall–Kier alpha value is -2.82. The van der Waals surface area contributed by atoms with Crippen LogP contribution in [0.4, 0.5) is 17.1 Å². The lowest BCUT2D eigenvalue weighted by Gasteiger charge is -2.23. The molecule has 1 aliphatic heterocycles. The smallest absolute Gasteiger partial charge is 0.323 e. The minimum atomic E-state index is -0.955. The Morgan fingerprint density at radius 1 is 1.05 bits per heavy atom. The molecule has 1 amide bonds. The molecule has 3 rings (SSSR count). The number of anilines is 3. The predicted octanol–water partition coefficient (Wildman–Crippen LogP) is 2.48. The Bertz CT molecular complexity index is 697. The van der Waals surface area contributed by atoms with E-state index in [9.17, 15) is 9.59 Å². The lowest BCUT2D eigenvalue weighted by atomic mass is 10.1. The van der Waals surface area contributed by atoms with Crippen LogP contribution in [0.25, 0.3) is 0 Å². The van der Waals surface area contributed by atoms with Gasteiger partial charge in [-0.25, -0.2) is 0 Å². The van der Waals surface area contributed by atoms with E-state index >= 15 is 0 Å². The Kier molecular flexibility index (Phi) is 2.87. The molecule has 0 radical (unpaired) electrons. The van der Waals surface area contributed by atoms with Crippen molar-refractivity contribution in [1.29, 1.82) is 0 Å². The highest BCUT2D eigenvalue weighted by Gasteiger charge is 2.25. The van der Waals surface area contributed by atoms with Crippen molar-refractivity contribution in [2.24, 2.45) is 0 Å². The molecule has 2 aromatic carbocycles. The third kappa shape index (κ3) is 1.99. The van der Waals surface area contributed by atoms with Gasteiger partial charge in [0.05, 0.1) is 22.6 Å². The lowest BCUT2D eigenvalue weighted by molar-refractivity contribution is -0.135. The molecule has 2 N–H and O–H groups in total. The molecule has 0 saturated heterocycles. The summed E-state index contributed by atoms with van der Waals surface area (Å²) in [5, 5.41) is 11.9. The number of carboxylic acids is 1. The molecular formula is C15H12N2O3. The summed E-state index contributed by atoms with van der Waals surface area (Å²) >= 11 is 0. The second-order valence-electron chi connectivity index (χ2n) is 4.47. The number of benzene rings is 2. The molecule has 0 aliphatic carbocycles. The van der Waals surface area contributed by atoms with Gasteiger partial charge in [-0.1, -0.05) is 24.3 Å². The van der Waals surface area contributed by atoms with Gasteiger partial charge in [0.2, 0.25) is 0 Å². The van der Waals surface area contributed by atoms with Crippen LogP contribution < -0.4 is 10.2 Å². The van der Waals surface area contributed by atoms with Gasteiger partial charge in [-0.2, -0.15) is 0 Å². The maximum Gasteiger partial charge on any atom is 0.323 e. The number of hydrogen-bond acceptors (Lipinski definition) is 3. The molecule has 0 saturated carbocycles. The Labute approximate surface area is 115 Å². The van der Waals surface area contributed by atoms with Gasteiger partial charge < -0.3 is 15.3 Å². The monoisotopic (exact) mass is 268 g/mol. The van der Waals surface area contributed by atoms with E-state index in [0.717, 1.165) is 0 Å². The van der Waals surface area contributed by atoms with Crippen LogP contribution in [-0.2, 0) is 4.79 Å². The fourth-order valence-corrected chi connectivity index (χ4v) is 2.34. The number of amides is 1. The standard InChI is InChI=1S/C15H12N2O3/c18-14(19)9-17-12-7-3-1-5-10(12)15(20)16-11-6-2-4-8-13(11)17/h1-8H,9H2,(H,16,20)(H,18,19). The highest BCUT2D eigenvalue weighted by molar-refractivity contribution is 6.12. The molecule has 0 spiro atoms. The van der Waals surface area contributed by atoms with Gasteiger partial charge in [0, 0.05) is 0 Å². The van der Waals surface area contributed by atoms with Gasteiger partial charge in [0.25, 0.3) is 5.91 Å². The van der Waals surface area contributed by atoms with Crippen LogP contribution >= 0.6 is 0 Å². The van der Waals surface area contributed by atoms with Crippen LogP contribution in [0.15, 0.2) is 48.5 Å². The van der Waals surface area contributed by atoms with Crippen molar-refractivity contribution >= 4 is 28.9 Å². The first-order valence-corrected chi connectivity index (χ1v) is 6.15. The third-order valence-corrected chi connectivity index (χ3v) is 3.18. The van der Waals surface area contributed by atoms with Gasteiger partial charge in [-0.05, 0) is 24.3 Å². The maximum absolute atomic E-state index is 12.2. The Morgan fingerprint density at radius 3 is 2.45 bits per heavy atom. The van der Waals surface area contributed by atoms with Crippen LogP contribution in [-0.4, -0.2) is 23.5 Å². The van der Waals surface area contributed by atoms with Crippen molar-refractivity contribution in [3.05, 3.63) is 54.1 Å². The first kappa shape index (κ1) is 12.2. The molecule has 0 fully saturated rings. The van der Waals surface area contributed by atoms with Crippen molar-refractivity contribution in [2.75, 3.05) is 16.8 Å². The largest absolute Gasteiger partial charge is 0.480 e. The molecule has 0 unspecified atom stereocenters. The number of para-hydroxylation sites is 3. The van der Waals surface area contributed by atoms with E-state index < -0.39 is 5.97 Å². The highest BCUT2D eigenvalue weighted by Crippen LogP contribution is 2.37. The Balaban J connectivity index is 2.23. The summed E-state index contributed by atoms with van der Waals surface area (Å²) in [6.45, 7) is -0.205. The zero-order valence-electron chi connectivity index (χ0n) is 10.5. The molecule has 0 atom stereocenters. The maximum atomic E-state index is 12.2. The quantitative estimate of drug-likeness (QED) is 0.877. The van der Waals surface area contributed by atoms with Gasteiger partial charge in [-0.15, -0.1) is 0 Å². The lowest BCUT2D eigenvalue weighted by Crippen LogP contribution is -2.25. The van der Waals surface area contributed by atoms with E-state index in [-0.39, 0.29) is 12.5 Å². The van der Waals surface area contributed by atoms with E-state index in [1.807, 2.05) is 6.07 Å². The van der Waals surface area contributed by atoms with Crippen LogP contribution in [0.3, 0.4) is 0 Å². The molecule has 0 bridgehead atoms. The first-order valence-electron chi connectivity index (χ1n) is 6.15. The Morgan fingerprint density at radius 2 is 1.70 bits per heavy atom. The number of aliphatic carboxylic acids is 1. The fraction of sp³-hybridized carbons (Fsp3) is 0.0667. The normalized spacial score (nSPS) is 13.0. The highest BCUT2D eigenvalue weighted by atomic mass is 16.4. The van der Waals surface area contributed by atoms with Crippen LogP contribution in [0, 0.1) is 0 Å². The minimum Gasteiger partial charge on any atom is -0.480 e. The summed E-state index contributed by atoms with van der Waals surface area (Å²) < 4.78 is 0. The summed E-state index contributed by atoms with van der Waals surface area (Å²) in [7, 11) is 0. The number of fused-ring (bicyclic) bond motifs is 2. The SMILES string of the molecule is O=C(O)CN1c2ccccc2NC(=O)c2ccccc21. The summed E-state index contributed by atoms with van der Waals surface area (Å²) in [4.78, 5) is 25.0. The average molecular weight is 268 g/mol. The summed E-state index contributed by atoms with van der Waals surface area (Å²) in [6, 6.07) is 14.1. The van der Waals surface area contributed by atoms with E-state index in [2.05, 4.69) is 5.32 Å². The summed E-state index contributed by atoms with van der Waals surface area (Å²) in [6.07, 6.45) is 0. The summed E-state index contributed by atoms with van der Waals surface area (Å²) in [5.74, 6) is -1.19. The van der Waals surface area contributed by atoms with Crippen molar-refractivity contribution in [3.8, 4) is 0 Å². The van der Waals surface area contributed by atoms with Crippen LogP contribution in [0.1, 0.15) is 10.4 Å². The zero-order valence-corrected chi connectivity index (χ0v) is 10.5. The number of rotatable bonds is 2. The molecule has 20 heavy (non-hydrogen) atoms. The number of nitrogens with zero attached hydrogens (tertiary/aromatic N) is 1. The second kappa shape index (κ2) is 4.70. The third-order valence-electron chi connectivity index (χ3n) is 3.18. The van der Waals surface area contributed by atoms with E-state index in [1.165, 1.54) is 0 Å². The van der Waals surface area contributed by atoms with Gasteiger partial charge in [0.1, 0.15) is 6.54 Å². The number of carbonyl (C=O) groups excluding carboxylic acids is 1. The molecule has 0 aromatic heterocycles. The first-order chi connectivity index (χ1) is 9.66. The number of hydrogen-bond donors (Lipinski definition) is 2. The van der Waals surface area contributed by atoms with Crippen LogP contribution in [0.5, 0.6) is 0 Å². The van der Waals surface area contributed by atoms with Crippen molar-refractivity contribution in [2.45, 2.75) is 0 Å². The van der Waals surface area contributed by atoms with Gasteiger partial charge in [0.15, 0.2) is 0 Å². The summed E-state index contributed by atoms with van der Waals surface area (Å²) in [5.41, 5.74) is 2.34. The minimum absolute atomic E-state index is 0.205. The van der Waals surface area contributed by atoms with Crippen molar-refractivity contribution < 1.29 is 14.7 Å². The number of carbonyl (C=O) groups is 2. The second-order valence-corrected chi connectivity index (χ2v) is 4.47. The van der Waals surface area contributed by atoms with Crippen molar-refractivity contribution in [1.82, 2.24) is 0 Å². The molecule has 1 heterocycles. The fourth-order valence-electron chi connectivity index (χ4n) is 2.34. The van der Waals surface area contributed by atoms with Crippen LogP contribution in [0.2, 0.25) is 0 Å². The van der Waals surface area contributed by atoms with E-state index in [1.54, 1.807) is 47.4 Å². The molecule has 5 heteroatoms. The van der Waals surface area contributed by atoms with Crippen molar-refractivity contribution in [3.63, 3.8) is 0 Å². The van der Waals surface area contributed by atoms with E-state index in [0.29, 0.717) is 22.6 Å². The molecule has 2 aromatic rings. The van der Waals surface area contributed by atoms with Gasteiger partial charge >= 0.3 is 5.97 Å². The molecule has 5 nitrogen and oxygen atoms in total. The topological polar surface area (TPSA) is 69.6 Å². The van der Waals surface area contributed by atoms with Gasteiger partial charge in [-0.3, -0.25) is 9.59 Å².